The number of hydrogen-bond acceptors (Lipinski definition) is 7. The van der Waals surface area contributed by atoms with Crippen molar-refractivity contribution in [2.45, 2.75) is 37.3 Å². The fourth-order valence-corrected chi connectivity index (χ4v) is 4.39. The number of amides is 2. The zero-order valence-electron chi connectivity index (χ0n) is 16.3. The molecule has 0 saturated carbocycles. The van der Waals surface area contributed by atoms with E-state index in [0.717, 1.165) is 4.31 Å². The summed E-state index contributed by atoms with van der Waals surface area (Å²) < 4.78 is 30.8. The molecule has 0 spiro atoms. The molecule has 3 N–H and O–H groups in total. The fraction of sp³-hybridized carbons (Fsp3) is 0.812. The Hall–Kier alpha value is -1.76. The van der Waals surface area contributed by atoms with Crippen LogP contribution in [0.4, 0.5) is 0 Å². The summed E-state index contributed by atoms with van der Waals surface area (Å²) in [5, 5.41) is 13.4. The molecule has 12 heteroatoms. The number of piperazine rings is 1. The van der Waals surface area contributed by atoms with Crippen molar-refractivity contribution in [1.82, 2.24) is 19.8 Å². The van der Waals surface area contributed by atoms with Gasteiger partial charge in [-0.2, -0.15) is 0 Å². The number of carbonyl (C=O) groups excluding carboxylic acids is 2. The minimum absolute atomic E-state index is 0.0826. The highest BCUT2D eigenvalue weighted by atomic mass is 32.2. The van der Waals surface area contributed by atoms with Crippen LogP contribution in [0.3, 0.4) is 0 Å². The Kier molecular flexibility index (Phi) is 7.37. The Morgan fingerprint density at radius 1 is 1.32 bits per heavy atom. The van der Waals surface area contributed by atoms with Gasteiger partial charge >= 0.3 is 5.97 Å². The van der Waals surface area contributed by atoms with Crippen molar-refractivity contribution < 1.29 is 32.6 Å². The zero-order valence-corrected chi connectivity index (χ0v) is 17.1. The highest BCUT2D eigenvalue weighted by Crippen LogP contribution is 2.22. The van der Waals surface area contributed by atoms with Gasteiger partial charge in [-0.1, -0.05) is 6.92 Å². The molecule has 2 amide bonds. The van der Waals surface area contributed by atoms with Crippen LogP contribution in [0, 0.1) is 5.92 Å². The van der Waals surface area contributed by atoms with Gasteiger partial charge in [0.2, 0.25) is 15.9 Å². The van der Waals surface area contributed by atoms with Gasteiger partial charge in [-0.3, -0.25) is 9.59 Å². The minimum atomic E-state index is -3.62. The van der Waals surface area contributed by atoms with Crippen LogP contribution in [0.1, 0.15) is 19.8 Å². The van der Waals surface area contributed by atoms with Crippen molar-refractivity contribution in [2.24, 2.45) is 5.92 Å². The molecular weight excluding hydrogens is 392 g/mol. The molecule has 160 valence electrons. The number of rotatable bonds is 9. The number of sulfonamides is 1. The second kappa shape index (κ2) is 9.16. The summed E-state index contributed by atoms with van der Waals surface area (Å²) in [6, 6.07) is 0. The van der Waals surface area contributed by atoms with E-state index < -0.39 is 39.5 Å². The van der Waals surface area contributed by atoms with E-state index in [0.29, 0.717) is 19.5 Å². The van der Waals surface area contributed by atoms with Crippen LogP contribution >= 0.6 is 0 Å². The molecule has 0 radical (unpaired) electrons. The molecule has 2 heterocycles. The first-order valence-electron chi connectivity index (χ1n) is 9.13. The lowest BCUT2D eigenvalue weighted by Crippen LogP contribution is -2.59. The predicted octanol–water partition coefficient (Wildman–Crippen LogP) is -1.98. The van der Waals surface area contributed by atoms with E-state index in [1.54, 1.807) is 0 Å². The van der Waals surface area contributed by atoms with E-state index in [1.165, 1.54) is 19.0 Å². The molecule has 4 atom stereocenters. The molecule has 1 unspecified atom stereocenters. The quantitative estimate of drug-likeness (QED) is 0.363. The smallest absolute Gasteiger partial charge is 0.336 e. The van der Waals surface area contributed by atoms with Crippen LogP contribution in [0.15, 0.2) is 0 Å². The Balaban J connectivity index is 1.80. The average Bonchev–Trinajstić information content (AvgIpc) is 3.42. The lowest BCUT2D eigenvalue weighted by atomic mass is 10.0. The van der Waals surface area contributed by atoms with Gasteiger partial charge in [0.15, 0.2) is 17.6 Å². The van der Waals surface area contributed by atoms with E-state index in [1.807, 2.05) is 6.92 Å². The zero-order chi connectivity index (χ0) is 21.1. The number of ether oxygens (including phenoxy) is 1. The fourth-order valence-electron chi connectivity index (χ4n) is 3.03. The van der Waals surface area contributed by atoms with Gasteiger partial charge in [0.05, 0.1) is 0 Å². The molecule has 0 bridgehead atoms. The predicted molar refractivity (Wildman–Crippen MR) is 98.7 cm³/mol. The number of nitrogens with one attached hydrogen (secondary N) is 2. The summed E-state index contributed by atoms with van der Waals surface area (Å²) >= 11 is 0. The largest absolute Gasteiger partial charge is 0.479 e. The second-order valence-electron chi connectivity index (χ2n) is 7.28. The van der Waals surface area contributed by atoms with Crippen molar-refractivity contribution in [3.8, 4) is 0 Å². The van der Waals surface area contributed by atoms with Gasteiger partial charge in [-0.25, -0.2) is 17.5 Å². The third-order valence-corrected chi connectivity index (χ3v) is 6.95. The lowest BCUT2D eigenvalue weighted by Gasteiger charge is -2.37. The molecule has 2 saturated heterocycles. The Bertz CT molecular complexity index is 712. The monoisotopic (exact) mass is 420 g/mol. The first-order valence-corrected chi connectivity index (χ1v) is 10.6. The molecule has 2 fully saturated rings. The van der Waals surface area contributed by atoms with Crippen LogP contribution in [-0.2, 0) is 29.1 Å². The van der Waals surface area contributed by atoms with Crippen LogP contribution in [0.2, 0.25) is 0 Å². The van der Waals surface area contributed by atoms with Gasteiger partial charge in [-0.15, -0.1) is 0 Å². The maximum absolute atomic E-state index is 12.7. The number of carboxylic acid groups (broad SMARTS) is 1. The molecule has 0 aromatic rings. The molecular formula is C16H28N4O7S. The van der Waals surface area contributed by atoms with E-state index >= 15 is 0 Å². The van der Waals surface area contributed by atoms with E-state index in [2.05, 4.69) is 10.6 Å². The number of aliphatic carboxylic acids is 1. The summed E-state index contributed by atoms with van der Waals surface area (Å²) in [6.45, 7) is 3.15. The van der Waals surface area contributed by atoms with E-state index in [-0.39, 0.29) is 31.3 Å². The topological polar surface area (TPSA) is 149 Å². The molecule has 0 aliphatic carbocycles. The Labute approximate surface area is 164 Å². The molecule has 0 aromatic heterocycles. The number of epoxide rings is 1. The SMILES string of the molecule is C[C@@H](CCNC(=O)[C@H]1OC1C(=O)O)CC(=O)N1CCNC[C@@H]1S(=O)(=O)N(C)C. The lowest BCUT2D eigenvalue weighted by molar-refractivity contribution is -0.138. The summed E-state index contributed by atoms with van der Waals surface area (Å²) in [5.74, 6) is -1.98. The van der Waals surface area contributed by atoms with Crippen molar-refractivity contribution in [2.75, 3.05) is 40.3 Å². The highest BCUT2D eigenvalue weighted by Gasteiger charge is 2.50. The van der Waals surface area contributed by atoms with E-state index in [4.69, 9.17) is 9.84 Å². The summed E-state index contributed by atoms with van der Waals surface area (Å²) in [5.41, 5.74) is 0. The molecule has 2 rings (SSSR count). The summed E-state index contributed by atoms with van der Waals surface area (Å²) in [6.07, 6.45) is -1.37. The Morgan fingerprint density at radius 3 is 2.57 bits per heavy atom. The van der Waals surface area contributed by atoms with Gasteiger partial charge in [0, 0.05) is 46.7 Å². The maximum Gasteiger partial charge on any atom is 0.336 e. The first-order chi connectivity index (χ1) is 13.1. The molecule has 28 heavy (non-hydrogen) atoms. The number of hydrogen-bond donors (Lipinski definition) is 3. The molecule has 0 aromatic carbocycles. The normalized spacial score (nSPS) is 26.0. The minimum Gasteiger partial charge on any atom is -0.479 e. The van der Waals surface area contributed by atoms with Gasteiger partial charge < -0.3 is 25.4 Å². The molecule has 2 aliphatic heterocycles. The van der Waals surface area contributed by atoms with Crippen molar-refractivity contribution in [3.05, 3.63) is 0 Å². The van der Waals surface area contributed by atoms with Crippen LogP contribution in [-0.4, -0.2) is 98.4 Å². The number of carbonyl (C=O) groups is 3. The highest BCUT2D eigenvalue weighted by molar-refractivity contribution is 7.89. The molecule has 2 aliphatic rings. The van der Waals surface area contributed by atoms with Crippen LogP contribution in [0.25, 0.3) is 0 Å². The summed E-state index contributed by atoms with van der Waals surface area (Å²) in [4.78, 5) is 36.5. The van der Waals surface area contributed by atoms with Crippen molar-refractivity contribution in [3.63, 3.8) is 0 Å². The Morgan fingerprint density at radius 2 is 2.00 bits per heavy atom. The maximum atomic E-state index is 12.7. The van der Waals surface area contributed by atoms with Crippen molar-refractivity contribution >= 4 is 27.8 Å². The third-order valence-electron chi connectivity index (χ3n) is 4.82. The number of carboxylic acids is 1. The van der Waals surface area contributed by atoms with Crippen molar-refractivity contribution in [1.29, 1.82) is 0 Å². The number of nitrogens with zero attached hydrogens (tertiary/aromatic N) is 2. The molecule has 11 nitrogen and oxygen atoms in total. The third kappa shape index (κ3) is 5.40. The average molecular weight is 420 g/mol. The van der Waals surface area contributed by atoms with E-state index in [9.17, 15) is 22.8 Å². The second-order valence-corrected chi connectivity index (χ2v) is 9.58. The standard InChI is InChI=1S/C16H28N4O7S/c1-10(4-5-18-15(22)13-14(27-13)16(23)24)8-11(21)20-7-6-17-9-12(20)28(25,26)19(2)3/h10,12-14,17H,4-9H2,1-3H3,(H,18,22)(H,23,24)/t10-,12-,13-,14?/m0/s1. The van der Waals surface area contributed by atoms with Crippen LogP contribution in [0.5, 0.6) is 0 Å². The van der Waals surface area contributed by atoms with Gasteiger partial charge in [-0.05, 0) is 12.3 Å². The summed E-state index contributed by atoms with van der Waals surface area (Å²) in [7, 11) is -0.734. The van der Waals surface area contributed by atoms with Gasteiger partial charge in [0.25, 0.3) is 5.91 Å². The first kappa shape index (κ1) is 22.5. The van der Waals surface area contributed by atoms with Gasteiger partial charge in [0.1, 0.15) is 0 Å². The van der Waals surface area contributed by atoms with Crippen LogP contribution < -0.4 is 10.6 Å².